The predicted octanol–water partition coefficient (Wildman–Crippen LogP) is 2.59. The fourth-order valence-corrected chi connectivity index (χ4v) is 2.69. The average Bonchev–Trinajstić information content (AvgIpc) is 2.38. The maximum atomic E-state index is 12.3. The van der Waals surface area contributed by atoms with Crippen molar-refractivity contribution in [3.63, 3.8) is 0 Å². The van der Waals surface area contributed by atoms with E-state index in [0.29, 0.717) is 11.8 Å². The van der Waals surface area contributed by atoms with Gasteiger partial charge in [-0.1, -0.05) is 0 Å². The molecule has 3 nitrogen and oxygen atoms in total. The zero-order valence-corrected chi connectivity index (χ0v) is 13.2. The number of likely N-dealkylation sites (tertiary alicyclic amines) is 1. The van der Waals surface area contributed by atoms with Gasteiger partial charge in [0.15, 0.2) is 0 Å². The lowest BCUT2D eigenvalue weighted by molar-refractivity contribution is -0.137. The van der Waals surface area contributed by atoms with Crippen LogP contribution in [-0.4, -0.2) is 59.7 Å². The monoisotopic (exact) mass is 316 g/mol. The Labute approximate surface area is 126 Å². The molecule has 0 aromatic carbocycles. The molecule has 18 heavy (non-hydrogen) atoms. The third kappa shape index (κ3) is 5.52. The molecule has 6 heteroatoms. The molecular formula is C12H23Cl3N2O. The number of nitrogens with zero attached hydrogens (tertiary/aromatic N) is 2. The summed E-state index contributed by atoms with van der Waals surface area (Å²) in [4.78, 5) is 16.3. The van der Waals surface area contributed by atoms with Gasteiger partial charge >= 0.3 is 0 Å². The molecule has 108 valence electrons. The number of hydrogen-bond donors (Lipinski definition) is 0. The zero-order valence-electron chi connectivity index (χ0n) is 10.9. The van der Waals surface area contributed by atoms with E-state index in [2.05, 4.69) is 4.90 Å². The SMILES string of the molecule is CC(C(=O)N1CCCCC1)N(CCCl)CCCl.Cl. The summed E-state index contributed by atoms with van der Waals surface area (Å²) in [6, 6.07) is -0.106. The summed E-state index contributed by atoms with van der Waals surface area (Å²) in [7, 11) is 0. The lowest BCUT2D eigenvalue weighted by Crippen LogP contribution is -2.49. The van der Waals surface area contributed by atoms with E-state index in [-0.39, 0.29) is 24.4 Å². The number of alkyl halides is 2. The van der Waals surface area contributed by atoms with Gasteiger partial charge < -0.3 is 4.90 Å². The van der Waals surface area contributed by atoms with E-state index < -0.39 is 0 Å². The van der Waals surface area contributed by atoms with E-state index in [9.17, 15) is 4.79 Å². The van der Waals surface area contributed by atoms with E-state index in [0.717, 1.165) is 39.0 Å². The molecule has 1 amide bonds. The van der Waals surface area contributed by atoms with Crippen LogP contribution in [0.4, 0.5) is 0 Å². The van der Waals surface area contributed by atoms with Crippen molar-refractivity contribution < 1.29 is 4.79 Å². The van der Waals surface area contributed by atoms with Crippen molar-refractivity contribution in [2.24, 2.45) is 0 Å². The largest absolute Gasteiger partial charge is 0.341 e. The minimum absolute atomic E-state index is 0. The molecule has 0 N–H and O–H groups in total. The Hall–Kier alpha value is 0.300. The second kappa shape index (κ2) is 10.1. The van der Waals surface area contributed by atoms with E-state index >= 15 is 0 Å². The molecule has 0 aliphatic carbocycles. The molecule has 1 atom stereocenters. The molecule has 1 fully saturated rings. The fourth-order valence-electron chi connectivity index (χ4n) is 2.25. The van der Waals surface area contributed by atoms with Crippen molar-refractivity contribution in [1.82, 2.24) is 9.80 Å². The van der Waals surface area contributed by atoms with Crippen LogP contribution in [0, 0.1) is 0 Å². The third-order valence-corrected chi connectivity index (χ3v) is 3.65. The highest BCUT2D eigenvalue weighted by Gasteiger charge is 2.26. The summed E-state index contributed by atoms with van der Waals surface area (Å²) in [5, 5.41) is 0. The summed E-state index contributed by atoms with van der Waals surface area (Å²) in [5.41, 5.74) is 0. The second-order valence-corrected chi connectivity index (χ2v) is 5.23. The van der Waals surface area contributed by atoms with Gasteiger partial charge in [0.2, 0.25) is 5.91 Å². The van der Waals surface area contributed by atoms with Crippen molar-refractivity contribution in [3.05, 3.63) is 0 Å². The van der Waals surface area contributed by atoms with Crippen LogP contribution in [0.2, 0.25) is 0 Å². The lowest BCUT2D eigenvalue weighted by atomic mass is 10.1. The smallest absolute Gasteiger partial charge is 0.239 e. The lowest BCUT2D eigenvalue weighted by Gasteiger charge is -2.34. The third-order valence-electron chi connectivity index (χ3n) is 3.32. The molecule has 1 saturated heterocycles. The van der Waals surface area contributed by atoms with Crippen molar-refractivity contribution in [3.8, 4) is 0 Å². The van der Waals surface area contributed by atoms with Crippen LogP contribution in [0.5, 0.6) is 0 Å². The Balaban J connectivity index is 0.00000289. The zero-order chi connectivity index (χ0) is 12.7. The average molecular weight is 318 g/mol. The molecule has 1 unspecified atom stereocenters. The van der Waals surface area contributed by atoms with Gasteiger partial charge in [-0.25, -0.2) is 0 Å². The number of piperidine rings is 1. The Morgan fingerprint density at radius 3 is 2.11 bits per heavy atom. The molecule has 1 aliphatic heterocycles. The van der Waals surface area contributed by atoms with Gasteiger partial charge in [-0.2, -0.15) is 0 Å². The number of carbonyl (C=O) groups excluding carboxylic acids is 1. The summed E-state index contributed by atoms with van der Waals surface area (Å²) in [6.45, 7) is 5.19. The summed E-state index contributed by atoms with van der Waals surface area (Å²) in [6.07, 6.45) is 3.50. The quantitative estimate of drug-likeness (QED) is 0.703. The Kier molecular flexibility index (Phi) is 10.3. The van der Waals surface area contributed by atoms with Crippen LogP contribution in [0.1, 0.15) is 26.2 Å². The highest BCUT2D eigenvalue weighted by atomic mass is 35.5. The molecule has 0 spiro atoms. The van der Waals surface area contributed by atoms with Crippen molar-refractivity contribution in [1.29, 1.82) is 0 Å². The van der Waals surface area contributed by atoms with Crippen LogP contribution in [0.3, 0.4) is 0 Å². The maximum absolute atomic E-state index is 12.3. The molecule has 0 aromatic rings. The van der Waals surface area contributed by atoms with E-state index in [1.54, 1.807) is 0 Å². The number of halogens is 3. The van der Waals surface area contributed by atoms with E-state index in [1.165, 1.54) is 6.42 Å². The van der Waals surface area contributed by atoms with Gasteiger partial charge in [-0.3, -0.25) is 9.69 Å². The van der Waals surface area contributed by atoms with E-state index in [1.807, 2.05) is 11.8 Å². The molecule has 1 heterocycles. The number of amides is 1. The van der Waals surface area contributed by atoms with Crippen LogP contribution in [-0.2, 0) is 4.79 Å². The number of rotatable bonds is 6. The highest BCUT2D eigenvalue weighted by molar-refractivity contribution is 6.18. The van der Waals surface area contributed by atoms with Crippen LogP contribution in [0.25, 0.3) is 0 Å². The summed E-state index contributed by atoms with van der Waals surface area (Å²) in [5.74, 6) is 1.29. The van der Waals surface area contributed by atoms with Gasteiger partial charge in [0.25, 0.3) is 0 Å². The summed E-state index contributed by atoms with van der Waals surface area (Å²) >= 11 is 11.5. The van der Waals surface area contributed by atoms with Crippen molar-refractivity contribution in [2.75, 3.05) is 37.9 Å². The Morgan fingerprint density at radius 1 is 1.17 bits per heavy atom. The standard InChI is InChI=1S/C12H22Cl2N2O.ClH/c1-11(15(9-5-13)10-6-14)12(17)16-7-3-2-4-8-16;/h11H,2-10H2,1H3;1H. The second-order valence-electron chi connectivity index (χ2n) is 4.48. The van der Waals surface area contributed by atoms with Crippen molar-refractivity contribution >= 4 is 41.5 Å². The predicted molar refractivity (Wildman–Crippen MR) is 80.2 cm³/mol. The molecule has 0 bridgehead atoms. The first kappa shape index (κ1) is 18.3. The summed E-state index contributed by atoms with van der Waals surface area (Å²) < 4.78 is 0. The normalized spacial score (nSPS) is 17.4. The van der Waals surface area contributed by atoms with Gasteiger partial charge in [0.1, 0.15) is 0 Å². The molecule has 1 aliphatic rings. The van der Waals surface area contributed by atoms with Crippen LogP contribution >= 0.6 is 35.6 Å². The van der Waals surface area contributed by atoms with Gasteiger partial charge in [-0.15, -0.1) is 35.6 Å². The highest BCUT2D eigenvalue weighted by Crippen LogP contribution is 2.12. The van der Waals surface area contributed by atoms with Crippen LogP contribution in [0.15, 0.2) is 0 Å². The first-order valence-corrected chi connectivity index (χ1v) is 7.42. The fraction of sp³-hybridized carbons (Fsp3) is 0.917. The Bertz CT molecular complexity index is 229. The molecule has 0 radical (unpaired) electrons. The number of carbonyl (C=O) groups is 1. The first-order valence-electron chi connectivity index (χ1n) is 6.35. The minimum atomic E-state index is -0.106. The first-order chi connectivity index (χ1) is 8.20. The number of hydrogen-bond acceptors (Lipinski definition) is 2. The van der Waals surface area contributed by atoms with Crippen LogP contribution < -0.4 is 0 Å². The van der Waals surface area contributed by atoms with Crippen molar-refractivity contribution in [2.45, 2.75) is 32.2 Å². The van der Waals surface area contributed by atoms with E-state index in [4.69, 9.17) is 23.2 Å². The van der Waals surface area contributed by atoms with Gasteiger partial charge in [0.05, 0.1) is 6.04 Å². The topological polar surface area (TPSA) is 23.6 Å². The minimum Gasteiger partial charge on any atom is -0.341 e. The maximum Gasteiger partial charge on any atom is 0.239 e. The van der Waals surface area contributed by atoms with Gasteiger partial charge in [-0.05, 0) is 26.2 Å². The molecule has 0 saturated carbocycles. The Morgan fingerprint density at radius 2 is 1.67 bits per heavy atom. The molecular weight excluding hydrogens is 295 g/mol. The van der Waals surface area contributed by atoms with Gasteiger partial charge in [0, 0.05) is 37.9 Å². The molecule has 1 rings (SSSR count). The molecule has 0 aromatic heterocycles.